The number of carbonyl (C=O) groups excluding carboxylic acids is 2. The Kier molecular flexibility index (Phi) is 6.49. The Morgan fingerprint density at radius 3 is 2.41 bits per heavy atom. The monoisotopic (exact) mass is 522 g/mol. The lowest BCUT2D eigenvalue weighted by atomic mass is 9.50. The molecule has 6 atom stereocenters. The molecule has 0 aromatic heterocycles. The molecule has 3 saturated carbocycles. The summed E-state index contributed by atoms with van der Waals surface area (Å²) in [7, 11) is 0. The van der Waals surface area contributed by atoms with Crippen LogP contribution < -0.4 is 10.6 Å². The fourth-order valence-electron chi connectivity index (χ4n) is 9.49. The summed E-state index contributed by atoms with van der Waals surface area (Å²) in [6, 6.07) is 8.21. The van der Waals surface area contributed by atoms with Gasteiger partial charge in [0.2, 0.25) is 5.91 Å². The second kappa shape index (κ2) is 9.43. The summed E-state index contributed by atoms with van der Waals surface area (Å²) >= 11 is 6.24. The highest BCUT2D eigenvalue weighted by molar-refractivity contribution is 6.30. The molecule has 6 rings (SSSR count). The van der Waals surface area contributed by atoms with E-state index < -0.39 is 0 Å². The number of hydrogen-bond donors (Lipinski definition) is 2. The fourth-order valence-corrected chi connectivity index (χ4v) is 9.61. The number of rotatable bonds is 3. The van der Waals surface area contributed by atoms with E-state index in [9.17, 15) is 9.59 Å². The molecule has 0 bridgehead atoms. The number of amides is 1. The van der Waals surface area contributed by atoms with Crippen LogP contribution in [-0.2, 0) is 15.1 Å². The normalized spacial score (nSPS) is 38.8. The van der Waals surface area contributed by atoms with Gasteiger partial charge in [-0.2, -0.15) is 0 Å². The average molecular weight is 523 g/mol. The zero-order chi connectivity index (χ0) is 25.8. The minimum Gasteiger partial charge on any atom is -0.387 e. The molecule has 0 unspecified atom stereocenters. The van der Waals surface area contributed by atoms with Gasteiger partial charge in [-0.1, -0.05) is 63.3 Å². The van der Waals surface area contributed by atoms with Crippen LogP contribution in [0.3, 0.4) is 0 Å². The summed E-state index contributed by atoms with van der Waals surface area (Å²) in [4.78, 5) is 26.4. The van der Waals surface area contributed by atoms with E-state index in [0.29, 0.717) is 24.2 Å². The number of hydrogen-bond acceptors (Lipinski definition) is 3. The van der Waals surface area contributed by atoms with Gasteiger partial charge in [-0.05, 0) is 85.8 Å². The predicted molar refractivity (Wildman–Crippen MR) is 148 cm³/mol. The van der Waals surface area contributed by atoms with Crippen LogP contribution in [0.1, 0.15) is 96.5 Å². The Hall–Kier alpha value is -1.81. The summed E-state index contributed by atoms with van der Waals surface area (Å²) in [6.45, 7) is 5.76. The van der Waals surface area contributed by atoms with Crippen molar-refractivity contribution in [1.29, 1.82) is 0 Å². The number of carbonyl (C=O) groups is 2. The van der Waals surface area contributed by atoms with Crippen LogP contribution in [0, 0.1) is 34.5 Å². The number of allylic oxidation sites excluding steroid dienone is 2. The summed E-state index contributed by atoms with van der Waals surface area (Å²) in [5.41, 5.74) is 2.24. The smallest absolute Gasteiger partial charge is 0.224 e. The highest BCUT2D eigenvalue weighted by Crippen LogP contribution is 2.64. The summed E-state index contributed by atoms with van der Waals surface area (Å²) < 4.78 is 0. The summed E-state index contributed by atoms with van der Waals surface area (Å²) in [5, 5.41) is 8.14. The van der Waals surface area contributed by atoms with Crippen LogP contribution in [0.2, 0.25) is 5.02 Å². The van der Waals surface area contributed by atoms with Crippen molar-refractivity contribution in [2.75, 3.05) is 6.54 Å². The number of piperidine rings is 1. The Morgan fingerprint density at radius 2 is 1.68 bits per heavy atom. The van der Waals surface area contributed by atoms with E-state index >= 15 is 0 Å². The van der Waals surface area contributed by atoms with Crippen LogP contribution in [0.5, 0.6) is 0 Å². The van der Waals surface area contributed by atoms with Crippen LogP contribution in [0.15, 0.2) is 36.0 Å². The third-order valence-corrected chi connectivity index (χ3v) is 11.9. The molecule has 37 heavy (non-hydrogen) atoms. The predicted octanol–water partition coefficient (Wildman–Crippen LogP) is 6.92. The molecule has 1 heterocycles. The van der Waals surface area contributed by atoms with Gasteiger partial charge in [0.1, 0.15) is 0 Å². The van der Waals surface area contributed by atoms with Gasteiger partial charge in [-0.15, -0.1) is 0 Å². The van der Waals surface area contributed by atoms with E-state index in [1.54, 1.807) is 0 Å². The van der Waals surface area contributed by atoms with Gasteiger partial charge in [0.25, 0.3) is 0 Å². The standard InChI is InChI=1S/C32H43ClN2O2/c1-30-18-14-26-24(20-34-28-19-23(36)13-17-31(26,28)2)25(30)11-12-27(30)29(37)35-32(15-5-3-4-6-16-32)21-7-9-22(33)10-8-21/h7-10,19,24-27,34H,3-6,11-18,20H2,1-2H3,(H,35,37)/t24-,25-,26-,27+,30-,31+/m0/s1. The first-order valence-electron chi connectivity index (χ1n) is 14.8. The molecule has 0 radical (unpaired) electrons. The third-order valence-electron chi connectivity index (χ3n) is 11.6. The molecule has 0 spiro atoms. The van der Waals surface area contributed by atoms with Gasteiger partial charge in [0.15, 0.2) is 5.78 Å². The van der Waals surface area contributed by atoms with Crippen LogP contribution in [0.4, 0.5) is 0 Å². The molecule has 4 fully saturated rings. The quantitative estimate of drug-likeness (QED) is 0.423. The molecule has 1 aromatic rings. The first-order chi connectivity index (χ1) is 17.8. The largest absolute Gasteiger partial charge is 0.387 e. The van der Waals surface area contributed by atoms with Gasteiger partial charge >= 0.3 is 0 Å². The average Bonchev–Trinajstić information content (AvgIpc) is 3.06. The van der Waals surface area contributed by atoms with Gasteiger partial charge in [-0.25, -0.2) is 0 Å². The lowest BCUT2D eigenvalue weighted by Crippen LogP contribution is -2.58. The second-order valence-electron chi connectivity index (χ2n) is 13.4. The van der Waals surface area contributed by atoms with Crippen molar-refractivity contribution >= 4 is 23.3 Å². The lowest BCUT2D eigenvalue weighted by Gasteiger charge is -2.58. The van der Waals surface area contributed by atoms with Crippen molar-refractivity contribution in [3.63, 3.8) is 0 Å². The Labute approximate surface area is 227 Å². The van der Waals surface area contributed by atoms with E-state index in [2.05, 4.69) is 36.6 Å². The number of nitrogens with one attached hydrogen (secondary N) is 2. The zero-order valence-electron chi connectivity index (χ0n) is 22.6. The molecule has 1 aliphatic heterocycles. The Morgan fingerprint density at radius 1 is 0.946 bits per heavy atom. The van der Waals surface area contributed by atoms with Crippen molar-refractivity contribution in [2.24, 2.45) is 34.5 Å². The first kappa shape index (κ1) is 25.5. The number of fused-ring (bicyclic) bond motifs is 5. The molecular weight excluding hydrogens is 480 g/mol. The highest BCUT2D eigenvalue weighted by Gasteiger charge is 2.60. The van der Waals surface area contributed by atoms with Gasteiger partial charge in [0.05, 0.1) is 5.54 Å². The van der Waals surface area contributed by atoms with Crippen LogP contribution in [-0.4, -0.2) is 18.2 Å². The van der Waals surface area contributed by atoms with E-state index in [-0.39, 0.29) is 34.0 Å². The van der Waals surface area contributed by atoms with Crippen molar-refractivity contribution in [3.05, 3.63) is 46.6 Å². The van der Waals surface area contributed by atoms with Gasteiger partial charge in [0, 0.05) is 41.1 Å². The second-order valence-corrected chi connectivity index (χ2v) is 13.8. The maximum Gasteiger partial charge on any atom is 0.224 e. The molecule has 1 aromatic carbocycles. The fraction of sp³-hybridized carbons (Fsp3) is 0.688. The van der Waals surface area contributed by atoms with Crippen molar-refractivity contribution in [2.45, 2.75) is 96.4 Å². The maximum absolute atomic E-state index is 14.2. The molecule has 1 saturated heterocycles. The molecule has 4 aliphatic carbocycles. The van der Waals surface area contributed by atoms with Crippen molar-refractivity contribution in [3.8, 4) is 0 Å². The van der Waals surface area contributed by atoms with E-state index in [0.717, 1.165) is 69.4 Å². The van der Waals surface area contributed by atoms with E-state index in [4.69, 9.17) is 11.6 Å². The molecule has 5 heteroatoms. The minimum atomic E-state index is -0.280. The van der Waals surface area contributed by atoms with E-state index in [1.165, 1.54) is 24.1 Å². The lowest BCUT2D eigenvalue weighted by molar-refractivity contribution is -0.134. The SMILES string of the molecule is C[C@]12CC[C@H]3[C@@H](CNC4=CC(=O)CC[C@@]43C)[C@@H]1CC[C@@H]2C(=O)NC1(c2ccc(Cl)cc2)CCCCCC1. The minimum absolute atomic E-state index is 0.0426. The molecular formula is C32H43ClN2O2. The first-order valence-corrected chi connectivity index (χ1v) is 15.2. The molecule has 4 nitrogen and oxygen atoms in total. The Balaban J connectivity index is 1.25. The van der Waals surface area contributed by atoms with E-state index in [1.807, 2.05) is 18.2 Å². The number of benzene rings is 1. The molecule has 2 N–H and O–H groups in total. The van der Waals surface area contributed by atoms with Gasteiger partial charge < -0.3 is 10.6 Å². The molecule has 5 aliphatic rings. The zero-order valence-corrected chi connectivity index (χ0v) is 23.3. The molecule has 1 amide bonds. The topological polar surface area (TPSA) is 58.2 Å². The maximum atomic E-state index is 14.2. The highest BCUT2D eigenvalue weighted by atomic mass is 35.5. The Bertz CT molecular complexity index is 1090. The molecule has 200 valence electrons. The van der Waals surface area contributed by atoms with Crippen molar-refractivity contribution in [1.82, 2.24) is 10.6 Å². The summed E-state index contributed by atoms with van der Waals surface area (Å²) in [5.74, 6) is 2.36. The van der Waals surface area contributed by atoms with Crippen LogP contribution in [0.25, 0.3) is 0 Å². The van der Waals surface area contributed by atoms with Crippen molar-refractivity contribution < 1.29 is 9.59 Å². The number of ketones is 1. The summed E-state index contributed by atoms with van der Waals surface area (Å²) in [6.07, 6.45) is 14.7. The number of halogens is 1. The third kappa shape index (κ3) is 4.17. The van der Waals surface area contributed by atoms with Gasteiger partial charge in [-0.3, -0.25) is 9.59 Å². The van der Waals surface area contributed by atoms with Crippen LogP contribution >= 0.6 is 11.6 Å².